The van der Waals surface area contributed by atoms with Gasteiger partial charge in [0.15, 0.2) is 0 Å². The van der Waals surface area contributed by atoms with Gasteiger partial charge in [0.05, 0.1) is 29.5 Å². The van der Waals surface area contributed by atoms with Crippen LogP contribution in [-0.4, -0.2) is 117 Å². The molecular formula is C47H58N14O8. The Morgan fingerprint density at radius 3 is 1.67 bits per heavy atom. The summed E-state index contributed by atoms with van der Waals surface area (Å²) in [6.07, 6.45) is 7.72. The molecule has 1 fully saturated rings. The predicted molar refractivity (Wildman–Crippen MR) is 257 cm³/mol. The number of anilines is 2. The lowest BCUT2D eigenvalue weighted by Gasteiger charge is -2.29. The van der Waals surface area contributed by atoms with Crippen LogP contribution in [0.3, 0.4) is 0 Å². The molecule has 22 heteroatoms. The summed E-state index contributed by atoms with van der Waals surface area (Å²) in [5, 5.41) is 18.2. The summed E-state index contributed by atoms with van der Waals surface area (Å²) < 4.78 is 24.3. The molecule has 0 unspecified atom stereocenters. The number of nitrogens with one attached hydrogen (secondary N) is 2. The van der Waals surface area contributed by atoms with Crippen LogP contribution in [0.15, 0.2) is 60.7 Å². The van der Waals surface area contributed by atoms with E-state index in [0.717, 1.165) is 6.42 Å². The number of amides is 5. The smallest absolute Gasteiger partial charge is 0.424 e. The Morgan fingerprint density at radius 2 is 1.19 bits per heavy atom. The molecule has 364 valence electrons. The van der Waals surface area contributed by atoms with Crippen LogP contribution in [0.5, 0.6) is 11.5 Å². The predicted octanol–water partition coefficient (Wildman–Crippen LogP) is 5.20. The van der Waals surface area contributed by atoms with E-state index in [4.69, 9.17) is 35.6 Å². The largest absolute Gasteiger partial charge is 0.494 e. The van der Waals surface area contributed by atoms with Crippen LogP contribution in [0.2, 0.25) is 0 Å². The fourth-order valence-electron chi connectivity index (χ4n) is 7.96. The molecule has 7 rings (SSSR count). The molecule has 1 aliphatic rings. The number of rotatable bonds is 18. The number of nitrogens with zero attached hydrogens (tertiary/aromatic N) is 10. The molecule has 69 heavy (non-hydrogen) atoms. The van der Waals surface area contributed by atoms with Crippen molar-refractivity contribution < 1.29 is 38.2 Å². The minimum atomic E-state index is -0.709. The third kappa shape index (κ3) is 10.9. The van der Waals surface area contributed by atoms with Crippen LogP contribution in [-0.2, 0) is 30.9 Å². The fourth-order valence-corrected chi connectivity index (χ4v) is 7.96. The Kier molecular flexibility index (Phi) is 14.5. The summed E-state index contributed by atoms with van der Waals surface area (Å²) in [5.74, 6) is -1.44. The first-order valence-electron chi connectivity index (χ1n) is 22.5. The van der Waals surface area contributed by atoms with Gasteiger partial charge in [-0.2, -0.15) is 10.2 Å². The summed E-state index contributed by atoms with van der Waals surface area (Å²) in [4.78, 5) is 74.9. The zero-order valence-electron chi connectivity index (χ0n) is 40.0. The van der Waals surface area contributed by atoms with E-state index in [0.29, 0.717) is 83.3 Å². The van der Waals surface area contributed by atoms with Gasteiger partial charge in [0, 0.05) is 56.9 Å². The molecule has 5 amide bonds. The lowest BCUT2D eigenvalue weighted by Crippen LogP contribution is -2.44. The number of fused-ring (bicyclic) bond motifs is 2. The molecular weight excluding hydrogens is 889 g/mol. The molecule has 22 nitrogen and oxygen atoms in total. The summed E-state index contributed by atoms with van der Waals surface area (Å²) >= 11 is 0. The Bertz CT molecular complexity index is 3000. The van der Waals surface area contributed by atoms with E-state index in [1.807, 2.05) is 57.9 Å². The topological polar surface area (TPSA) is 267 Å². The third-order valence-electron chi connectivity index (χ3n) is 11.0. The van der Waals surface area contributed by atoms with E-state index >= 15 is 0 Å². The van der Waals surface area contributed by atoms with Gasteiger partial charge < -0.3 is 34.8 Å². The Hall–Kier alpha value is -8.01. The van der Waals surface area contributed by atoms with Crippen molar-refractivity contribution in [3.8, 4) is 11.5 Å². The standard InChI is InChI=1S/C47H58N14O8/c1-9-59-34(22-28(3)54-59)42(64)52-44-50-32-24-30(40(48)62)26-36(67-8)38(32)57(44)18-11-12-19-58-39-33(51-45(58)53-43(65)35-23-29(4)55-60(35)10-2)25-31(41(49)63)27-37(39)68-21-14-13-16-56-17-15-20-61(56)46(66)69-47(5,6)7/h11-14,22-27H,9-10,15-21H2,1-8H3,(H2,48,62)(H2,49,63)(H,50,52,64)(H,51,53,65)/b12-11+,14-13+. The monoisotopic (exact) mass is 946 g/mol. The molecule has 4 aromatic heterocycles. The van der Waals surface area contributed by atoms with Crippen LogP contribution in [0.25, 0.3) is 22.1 Å². The van der Waals surface area contributed by atoms with E-state index in [-0.39, 0.29) is 48.5 Å². The van der Waals surface area contributed by atoms with E-state index in [2.05, 4.69) is 20.8 Å². The number of aryl methyl sites for hydroxylation is 4. The van der Waals surface area contributed by atoms with Gasteiger partial charge in [-0.05, 0) is 91.3 Å². The lowest BCUT2D eigenvalue weighted by molar-refractivity contribution is -0.0218. The summed E-state index contributed by atoms with van der Waals surface area (Å²) in [6, 6.07) is 9.44. The van der Waals surface area contributed by atoms with Gasteiger partial charge in [-0.15, -0.1) is 0 Å². The van der Waals surface area contributed by atoms with E-state index in [1.165, 1.54) is 31.4 Å². The van der Waals surface area contributed by atoms with Crippen LogP contribution in [0.4, 0.5) is 16.7 Å². The molecule has 0 atom stereocenters. The van der Waals surface area contributed by atoms with Crippen molar-refractivity contribution in [1.82, 2.24) is 48.7 Å². The summed E-state index contributed by atoms with van der Waals surface area (Å²) in [5.41, 5.74) is 14.7. The highest BCUT2D eigenvalue weighted by molar-refractivity contribution is 6.05. The molecule has 5 heterocycles. The maximum absolute atomic E-state index is 13.9. The van der Waals surface area contributed by atoms with Crippen LogP contribution in [0, 0.1) is 13.8 Å². The van der Waals surface area contributed by atoms with E-state index in [9.17, 15) is 24.0 Å². The summed E-state index contributed by atoms with van der Waals surface area (Å²) in [6.45, 7) is 15.7. The van der Waals surface area contributed by atoms with Crippen LogP contribution < -0.4 is 31.6 Å². The zero-order valence-corrected chi connectivity index (χ0v) is 40.0. The number of methoxy groups -OCH3 is 1. The van der Waals surface area contributed by atoms with Gasteiger partial charge in [0.1, 0.15) is 46.1 Å². The van der Waals surface area contributed by atoms with Gasteiger partial charge in [-0.1, -0.05) is 24.3 Å². The third-order valence-corrected chi connectivity index (χ3v) is 11.0. The number of hydrazine groups is 1. The molecule has 1 aliphatic heterocycles. The minimum Gasteiger partial charge on any atom is -0.494 e. The maximum Gasteiger partial charge on any atom is 0.424 e. The number of imidazole rings is 2. The van der Waals surface area contributed by atoms with Crippen molar-refractivity contribution in [2.24, 2.45) is 11.5 Å². The highest BCUT2D eigenvalue weighted by atomic mass is 16.6. The first-order chi connectivity index (χ1) is 32.9. The number of carbonyl (C=O) groups excluding carboxylic acids is 5. The van der Waals surface area contributed by atoms with Crippen LogP contribution in [0.1, 0.15) is 94.1 Å². The number of carbonyl (C=O) groups is 5. The van der Waals surface area contributed by atoms with Crippen molar-refractivity contribution in [1.29, 1.82) is 0 Å². The molecule has 0 saturated carbocycles. The molecule has 0 spiro atoms. The van der Waals surface area contributed by atoms with Crippen LogP contribution >= 0.6 is 0 Å². The van der Waals surface area contributed by atoms with Crippen molar-refractivity contribution in [3.63, 3.8) is 0 Å². The van der Waals surface area contributed by atoms with Crippen molar-refractivity contribution in [2.75, 3.05) is 44.0 Å². The molecule has 1 saturated heterocycles. The van der Waals surface area contributed by atoms with Gasteiger partial charge >= 0.3 is 6.09 Å². The maximum atomic E-state index is 13.9. The number of allylic oxidation sites excluding steroid dienone is 2. The number of primary amides is 2. The highest BCUT2D eigenvalue weighted by Gasteiger charge is 2.30. The number of benzene rings is 2. The zero-order chi connectivity index (χ0) is 49.7. The van der Waals surface area contributed by atoms with Gasteiger partial charge in [0.25, 0.3) is 11.8 Å². The molecule has 2 aromatic carbocycles. The van der Waals surface area contributed by atoms with Crippen molar-refractivity contribution >= 4 is 63.7 Å². The molecule has 0 bridgehead atoms. The van der Waals surface area contributed by atoms with Gasteiger partial charge in [0.2, 0.25) is 23.7 Å². The number of hydrogen-bond donors (Lipinski definition) is 4. The van der Waals surface area contributed by atoms with E-state index < -0.39 is 35.3 Å². The van der Waals surface area contributed by atoms with Gasteiger partial charge in [-0.25, -0.2) is 24.8 Å². The number of hydrogen-bond acceptors (Lipinski definition) is 13. The van der Waals surface area contributed by atoms with Crippen molar-refractivity contribution in [2.45, 2.75) is 86.7 Å². The SMILES string of the molecule is CCn1nc(C)cc1C(=O)Nc1nc2cc(C(N)=O)cc(OC)c2n1C/C=C/Cn1c(NC(=O)c2cc(C)nn2CC)nc2cc(C(N)=O)cc(OC/C=C/CN3CCCN3C(=O)OC(C)(C)C)c21. The number of ether oxygens (including phenoxy) is 3. The normalized spacial score (nSPS) is 13.3. The Morgan fingerprint density at radius 1 is 0.696 bits per heavy atom. The molecule has 6 N–H and O–H groups in total. The van der Waals surface area contributed by atoms with E-state index in [1.54, 1.807) is 55.6 Å². The fraction of sp³-hybridized carbons (Fsp3) is 0.383. The highest BCUT2D eigenvalue weighted by Crippen LogP contribution is 2.33. The quantitative estimate of drug-likeness (QED) is 0.0809. The first kappa shape index (κ1) is 48.9. The summed E-state index contributed by atoms with van der Waals surface area (Å²) in [7, 11) is 1.45. The molecule has 0 radical (unpaired) electrons. The number of aromatic nitrogens is 8. The minimum absolute atomic E-state index is 0.0649. The first-order valence-corrected chi connectivity index (χ1v) is 22.5. The lowest BCUT2D eigenvalue weighted by atomic mass is 10.1. The van der Waals surface area contributed by atoms with Gasteiger partial charge in [-0.3, -0.25) is 39.2 Å². The Labute approximate surface area is 397 Å². The average Bonchev–Trinajstić information content (AvgIpc) is 4.14. The average molecular weight is 947 g/mol. The Balaban J connectivity index is 1.23. The second-order valence-corrected chi connectivity index (χ2v) is 17.2. The molecule has 6 aromatic rings. The second kappa shape index (κ2) is 20.5. The van der Waals surface area contributed by atoms with Crippen molar-refractivity contribution in [3.05, 3.63) is 94.6 Å². The number of nitrogens with two attached hydrogens (primary N) is 2. The second-order valence-electron chi connectivity index (χ2n) is 17.2. The molecule has 0 aliphatic carbocycles.